The van der Waals surface area contributed by atoms with Crippen LogP contribution in [0.25, 0.3) is 0 Å². The summed E-state index contributed by atoms with van der Waals surface area (Å²) in [5.41, 5.74) is 3.13. The second-order valence-corrected chi connectivity index (χ2v) is 6.74. The molecule has 0 radical (unpaired) electrons. The summed E-state index contributed by atoms with van der Waals surface area (Å²) in [6.07, 6.45) is 9.19. The van der Waals surface area contributed by atoms with Gasteiger partial charge in [0.15, 0.2) is 0 Å². The molecule has 2 fully saturated rings. The van der Waals surface area contributed by atoms with Crippen LogP contribution in [0.2, 0.25) is 0 Å². The van der Waals surface area contributed by atoms with Crippen molar-refractivity contribution >= 4 is 11.8 Å². The first-order valence-electron chi connectivity index (χ1n) is 7.22. The molecule has 2 saturated carbocycles. The van der Waals surface area contributed by atoms with E-state index in [-0.39, 0.29) is 0 Å². The number of thioether (sulfide) groups is 1. The monoisotopic (exact) mass is 261 g/mol. The maximum atomic E-state index is 3.80. The number of hydrogen-bond acceptors (Lipinski definition) is 2. The molecular formula is C16H23NS. The third kappa shape index (κ3) is 2.75. The largest absolute Gasteiger partial charge is 0.309 e. The highest BCUT2D eigenvalue weighted by Gasteiger charge is 2.28. The molecule has 0 saturated heterocycles. The number of benzene rings is 1. The molecule has 1 nitrogen and oxygen atoms in total. The second kappa shape index (κ2) is 5.66. The Hall–Kier alpha value is -0.470. The van der Waals surface area contributed by atoms with Crippen LogP contribution in [-0.4, -0.2) is 17.5 Å². The van der Waals surface area contributed by atoms with Crippen molar-refractivity contribution < 1.29 is 0 Å². The van der Waals surface area contributed by atoms with Gasteiger partial charge in [0.2, 0.25) is 0 Å². The highest BCUT2D eigenvalue weighted by molar-refractivity contribution is 7.99. The van der Waals surface area contributed by atoms with Crippen molar-refractivity contribution in [2.24, 2.45) is 0 Å². The van der Waals surface area contributed by atoms with E-state index in [4.69, 9.17) is 0 Å². The van der Waals surface area contributed by atoms with Gasteiger partial charge in [-0.3, -0.25) is 0 Å². The van der Waals surface area contributed by atoms with E-state index in [2.05, 4.69) is 35.8 Å². The summed E-state index contributed by atoms with van der Waals surface area (Å²) < 4.78 is 0. The summed E-state index contributed by atoms with van der Waals surface area (Å²) >= 11 is 2.04. The number of hydrogen-bond donors (Lipinski definition) is 1. The lowest BCUT2D eigenvalue weighted by molar-refractivity contribution is 0.531. The summed E-state index contributed by atoms with van der Waals surface area (Å²) in [6, 6.07) is 9.74. The average molecular weight is 261 g/mol. The van der Waals surface area contributed by atoms with Gasteiger partial charge in [0.1, 0.15) is 0 Å². The molecule has 0 bridgehead atoms. The van der Waals surface area contributed by atoms with Gasteiger partial charge in [-0.25, -0.2) is 0 Å². The van der Waals surface area contributed by atoms with E-state index in [0.29, 0.717) is 0 Å². The maximum absolute atomic E-state index is 3.80. The van der Waals surface area contributed by atoms with Crippen molar-refractivity contribution in [2.75, 3.05) is 6.26 Å². The summed E-state index contributed by atoms with van der Waals surface area (Å²) in [5.74, 6) is 0.864. The molecule has 2 atom stereocenters. The molecule has 0 amide bonds. The fraction of sp³-hybridized carbons (Fsp3) is 0.625. The smallest absolute Gasteiger partial charge is 0.0211 e. The van der Waals surface area contributed by atoms with Gasteiger partial charge >= 0.3 is 0 Å². The molecule has 3 rings (SSSR count). The number of rotatable bonds is 5. The van der Waals surface area contributed by atoms with Crippen molar-refractivity contribution in [2.45, 2.75) is 55.9 Å². The minimum Gasteiger partial charge on any atom is -0.309 e. The van der Waals surface area contributed by atoms with Crippen LogP contribution in [-0.2, 0) is 6.54 Å². The van der Waals surface area contributed by atoms with E-state index in [1.54, 1.807) is 5.56 Å². The topological polar surface area (TPSA) is 12.0 Å². The molecule has 2 aliphatic carbocycles. The summed E-state index contributed by atoms with van der Waals surface area (Å²) in [6.45, 7) is 1.06. The SMILES string of the molecule is CSC1CCCC1NCc1ccccc1C1CC1. The standard InChI is InChI=1S/C16H23NS/c1-18-16-8-4-7-15(16)17-11-13-5-2-3-6-14(13)12-9-10-12/h2-3,5-6,12,15-17H,4,7-11H2,1H3. The molecule has 1 aromatic carbocycles. The van der Waals surface area contributed by atoms with Crippen LogP contribution in [0.3, 0.4) is 0 Å². The lowest BCUT2D eigenvalue weighted by Crippen LogP contribution is -2.33. The maximum Gasteiger partial charge on any atom is 0.0211 e. The minimum absolute atomic E-state index is 0.729. The fourth-order valence-corrected chi connectivity index (χ4v) is 4.13. The molecule has 0 aromatic heterocycles. The molecular weight excluding hydrogens is 238 g/mol. The van der Waals surface area contributed by atoms with Crippen molar-refractivity contribution in [1.29, 1.82) is 0 Å². The zero-order valence-corrected chi connectivity index (χ0v) is 12.0. The Morgan fingerprint density at radius 3 is 2.78 bits per heavy atom. The Morgan fingerprint density at radius 2 is 2.00 bits per heavy atom. The Kier molecular flexibility index (Phi) is 3.95. The van der Waals surface area contributed by atoms with Gasteiger partial charge in [0.05, 0.1) is 0 Å². The van der Waals surface area contributed by atoms with Gasteiger partial charge in [-0.1, -0.05) is 30.7 Å². The van der Waals surface area contributed by atoms with Gasteiger partial charge in [-0.15, -0.1) is 0 Å². The predicted octanol–water partition coefficient (Wildman–Crippen LogP) is 3.94. The lowest BCUT2D eigenvalue weighted by Gasteiger charge is -2.20. The van der Waals surface area contributed by atoms with Crippen LogP contribution < -0.4 is 5.32 Å². The van der Waals surface area contributed by atoms with Gasteiger partial charge in [0, 0.05) is 17.8 Å². The van der Waals surface area contributed by atoms with Crippen molar-refractivity contribution in [1.82, 2.24) is 5.32 Å². The van der Waals surface area contributed by atoms with Gasteiger partial charge in [0.25, 0.3) is 0 Å². The van der Waals surface area contributed by atoms with Crippen LogP contribution >= 0.6 is 11.8 Å². The Bertz CT molecular complexity index is 400. The minimum atomic E-state index is 0.729. The summed E-state index contributed by atoms with van der Waals surface area (Å²) in [4.78, 5) is 0. The quantitative estimate of drug-likeness (QED) is 0.861. The molecule has 0 heterocycles. The van der Waals surface area contributed by atoms with Crippen molar-refractivity contribution in [3.8, 4) is 0 Å². The van der Waals surface area contributed by atoms with Crippen LogP contribution in [0.5, 0.6) is 0 Å². The van der Waals surface area contributed by atoms with Crippen molar-refractivity contribution in [3.63, 3.8) is 0 Å². The number of nitrogens with one attached hydrogen (secondary N) is 1. The van der Waals surface area contributed by atoms with Gasteiger partial charge in [-0.05, 0) is 49.0 Å². The Labute approximate surface area is 115 Å². The molecule has 1 aromatic rings. The lowest BCUT2D eigenvalue weighted by atomic mass is 10.0. The zero-order chi connectivity index (χ0) is 12.4. The van der Waals surface area contributed by atoms with E-state index in [1.807, 2.05) is 11.8 Å². The summed E-state index contributed by atoms with van der Waals surface area (Å²) in [7, 11) is 0. The molecule has 0 spiro atoms. The second-order valence-electron chi connectivity index (χ2n) is 5.67. The third-order valence-electron chi connectivity index (χ3n) is 4.38. The first-order chi connectivity index (χ1) is 8.88. The molecule has 2 aliphatic rings. The predicted molar refractivity (Wildman–Crippen MR) is 80.2 cm³/mol. The van der Waals surface area contributed by atoms with Gasteiger partial charge < -0.3 is 5.32 Å². The Balaban J connectivity index is 1.62. The van der Waals surface area contributed by atoms with Crippen LogP contribution in [0.1, 0.15) is 49.1 Å². The van der Waals surface area contributed by atoms with E-state index in [9.17, 15) is 0 Å². The highest BCUT2D eigenvalue weighted by atomic mass is 32.2. The summed E-state index contributed by atoms with van der Waals surface area (Å²) in [5, 5.41) is 4.63. The van der Waals surface area contributed by atoms with Crippen molar-refractivity contribution in [3.05, 3.63) is 35.4 Å². The average Bonchev–Trinajstić information content (AvgIpc) is 3.15. The zero-order valence-electron chi connectivity index (χ0n) is 11.2. The molecule has 1 N–H and O–H groups in total. The Morgan fingerprint density at radius 1 is 1.17 bits per heavy atom. The first-order valence-corrected chi connectivity index (χ1v) is 8.51. The molecule has 2 unspecified atom stereocenters. The fourth-order valence-electron chi connectivity index (χ4n) is 3.17. The van der Waals surface area contributed by atoms with E-state index in [1.165, 1.54) is 37.7 Å². The normalized spacial score (nSPS) is 27.6. The molecule has 98 valence electrons. The third-order valence-corrected chi connectivity index (χ3v) is 5.55. The molecule has 0 aliphatic heterocycles. The van der Waals surface area contributed by atoms with Gasteiger partial charge in [-0.2, -0.15) is 11.8 Å². The molecule has 18 heavy (non-hydrogen) atoms. The van der Waals surface area contributed by atoms with Crippen LogP contribution in [0.15, 0.2) is 24.3 Å². The van der Waals surface area contributed by atoms with Crippen LogP contribution in [0.4, 0.5) is 0 Å². The van der Waals surface area contributed by atoms with E-state index < -0.39 is 0 Å². The first kappa shape index (κ1) is 12.6. The van der Waals surface area contributed by atoms with E-state index >= 15 is 0 Å². The van der Waals surface area contributed by atoms with E-state index in [0.717, 1.165) is 23.8 Å². The highest BCUT2D eigenvalue weighted by Crippen LogP contribution is 2.41. The molecule has 2 heteroatoms. The van der Waals surface area contributed by atoms with Crippen LogP contribution in [0, 0.1) is 0 Å².